The van der Waals surface area contributed by atoms with Gasteiger partial charge in [0.25, 0.3) is 0 Å². The molecule has 0 unspecified atom stereocenters. The molecule has 6 atom stereocenters. The van der Waals surface area contributed by atoms with Crippen LogP contribution in [0.15, 0.2) is 23.8 Å². The van der Waals surface area contributed by atoms with Crippen LogP contribution < -0.4 is 0 Å². The van der Waals surface area contributed by atoms with Crippen molar-refractivity contribution >= 4 is 11.8 Å². The van der Waals surface area contributed by atoms with Gasteiger partial charge in [0.05, 0.1) is 0 Å². The van der Waals surface area contributed by atoms with Crippen molar-refractivity contribution in [2.45, 2.75) is 79.2 Å². The van der Waals surface area contributed by atoms with Gasteiger partial charge in [-0.25, -0.2) is 0 Å². The molecule has 3 saturated carbocycles. The van der Waals surface area contributed by atoms with Crippen LogP contribution >= 0.6 is 0 Å². The minimum atomic E-state index is -0.159. The molecule has 0 bridgehead atoms. The van der Waals surface area contributed by atoms with E-state index in [4.69, 9.17) is 4.74 Å². The molecule has 0 saturated heterocycles. The molecule has 3 nitrogen and oxygen atoms in total. The Morgan fingerprint density at radius 1 is 1.19 bits per heavy atom. The first-order valence-electron chi connectivity index (χ1n) is 10.6. The van der Waals surface area contributed by atoms with Gasteiger partial charge in [0.1, 0.15) is 6.10 Å². The maximum absolute atomic E-state index is 12.1. The first-order valence-corrected chi connectivity index (χ1v) is 10.6. The fourth-order valence-corrected chi connectivity index (χ4v) is 7.65. The molecular weight excluding hydrogens is 336 g/mol. The molecule has 3 heteroatoms. The Bertz CT molecular complexity index is 745. The number of rotatable bonds is 1. The van der Waals surface area contributed by atoms with Gasteiger partial charge in [-0.2, -0.15) is 0 Å². The smallest absolute Gasteiger partial charge is 0.302 e. The number of ether oxygens (including phenoxy) is 1. The molecule has 148 valence electrons. The third kappa shape index (κ3) is 2.60. The van der Waals surface area contributed by atoms with E-state index in [-0.39, 0.29) is 34.1 Å². The van der Waals surface area contributed by atoms with E-state index in [1.807, 2.05) is 6.08 Å². The van der Waals surface area contributed by atoms with Gasteiger partial charge in [-0.1, -0.05) is 39.8 Å². The number of hydrogen-bond donors (Lipinski definition) is 0. The van der Waals surface area contributed by atoms with Crippen molar-refractivity contribution in [2.75, 3.05) is 0 Å². The van der Waals surface area contributed by atoms with Crippen LogP contribution in [-0.2, 0) is 14.3 Å². The molecule has 0 heterocycles. The highest BCUT2D eigenvalue weighted by Gasteiger charge is 2.65. The number of fused-ring (bicyclic) bond motifs is 5. The molecule has 0 aromatic carbocycles. The predicted octanol–water partition coefficient (Wildman–Crippen LogP) is 5.25. The van der Waals surface area contributed by atoms with Crippen molar-refractivity contribution in [1.29, 1.82) is 0 Å². The monoisotopic (exact) mass is 370 g/mol. The van der Waals surface area contributed by atoms with Crippen LogP contribution in [0.25, 0.3) is 0 Å². The van der Waals surface area contributed by atoms with Gasteiger partial charge in [0.15, 0.2) is 5.78 Å². The maximum Gasteiger partial charge on any atom is 0.302 e. The molecule has 0 radical (unpaired) electrons. The van der Waals surface area contributed by atoms with E-state index < -0.39 is 0 Å². The summed E-state index contributed by atoms with van der Waals surface area (Å²) in [6.07, 6.45) is 7.85. The van der Waals surface area contributed by atoms with E-state index in [2.05, 4.69) is 34.3 Å². The Morgan fingerprint density at radius 2 is 1.89 bits per heavy atom. The van der Waals surface area contributed by atoms with Crippen molar-refractivity contribution in [3.8, 4) is 0 Å². The molecule has 3 fully saturated rings. The van der Waals surface area contributed by atoms with Gasteiger partial charge < -0.3 is 4.74 Å². The van der Waals surface area contributed by atoms with E-state index in [0.29, 0.717) is 24.2 Å². The summed E-state index contributed by atoms with van der Waals surface area (Å²) >= 11 is 0. The lowest BCUT2D eigenvalue weighted by Crippen LogP contribution is -2.52. The van der Waals surface area contributed by atoms with Crippen LogP contribution in [0, 0.1) is 34.0 Å². The van der Waals surface area contributed by atoms with Crippen LogP contribution in [0.5, 0.6) is 0 Å². The highest BCUT2D eigenvalue weighted by molar-refractivity contribution is 5.92. The van der Waals surface area contributed by atoms with Crippen molar-refractivity contribution in [2.24, 2.45) is 34.0 Å². The second-order valence-corrected chi connectivity index (χ2v) is 10.9. The van der Waals surface area contributed by atoms with E-state index in [0.717, 1.165) is 32.1 Å². The molecule has 0 N–H and O–H groups in total. The maximum atomic E-state index is 12.1. The van der Waals surface area contributed by atoms with Gasteiger partial charge in [0.2, 0.25) is 0 Å². The molecule has 27 heavy (non-hydrogen) atoms. The zero-order valence-electron chi connectivity index (χ0n) is 17.6. The Labute approximate surface area is 163 Å². The molecule has 0 aromatic heterocycles. The average molecular weight is 371 g/mol. The zero-order chi connectivity index (χ0) is 19.8. The summed E-state index contributed by atoms with van der Waals surface area (Å²) in [4.78, 5) is 23.9. The van der Waals surface area contributed by atoms with Gasteiger partial charge in [-0.05, 0) is 66.9 Å². The standard InChI is InChI=1S/C24H34O3/c1-14-11-17-18(23(5)9-7-16(26)12-19(14)23)8-10-24(6)20(17)13-22(3,4)21(24)27-15(2)25/h12,17-18,20-21H,1,7-11,13H2,2-6H3/t17-,18+,20+,21+,23-,24+/m1/s1. The van der Waals surface area contributed by atoms with Crippen molar-refractivity contribution in [3.63, 3.8) is 0 Å². The summed E-state index contributed by atoms with van der Waals surface area (Å²) < 4.78 is 5.93. The predicted molar refractivity (Wildman–Crippen MR) is 106 cm³/mol. The van der Waals surface area contributed by atoms with Crippen molar-refractivity contribution in [3.05, 3.63) is 23.8 Å². The number of allylic oxidation sites excluding steroid dienone is 2. The zero-order valence-corrected chi connectivity index (χ0v) is 17.6. The topological polar surface area (TPSA) is 43.4 Å². The highest BCUT2D eigenvalue weighted by Crippen LogP contribution is 2.69. The van der Waals surface area contributed by atoms with E-state index in [9.17, 15) is 9.59 Å². The quantitative estimate of drug-likeness (QED) is 0.592. The van der Waals surface area contributed by atoms with Crippen LogP contribution in [0.3, 0.4) is 0 Å². The minimum absolute atomic E-state index is 0.000855. The summed E-state index contributed by atoms with van der Waals surface area (Å²) in [7, 11) is 0. The summed E-state index contributed by atoms with van der Waals surface area (Å²) in [5.74, 6) is 1.83. The molecule has 0 amide bonds. The minimum Gasteiger partial charge on any atom is -0.461 e. The lowest BCUT2D eigenvalue weighted by atomic mass is 9.46. The molecule has 0 aliphatic heterocycles. The number of hydrogen-bond acceptors (Lipinski definition) is 3. The lowest BCUT2D eigenvalue weighted by molar-refractivity contribution is -0.163. The Morgan fingerprint density at radius 3 is 2.56 bits per heavy atom. The van der Waals surface area contributed by atoms with Crippen LogP contribution in [0.2, 0.25) is 0 Å². The normalized spacial score (nSPS) is 45.4. The first kappa shape index (κ1) is 19.0. The van der Waals surface area contributed by atoms with Crippen LogP contribution in [0.1, 0.15) is 73.1 Å². The Kier molecular flexibility index (Phi) is 4.08. The van der Waals surface area contributed by atoms with Gasteiger partial charge >= 0.3 is 5.97 Å². The summed E-state index contributed by atoms with van der Waals surface area (Å²) in [6.45, 7) is 15.2. The fraction of sp³-hybridized carbons (Fsp3) is 0.750. The van der Waals surface area contributed by atoms with E-state index >= 15 is 0 Å². The number of carbonyl (C=O) groups excluding carboxylic acids is 2. The van der Waals surface area contributed by atoms with E-state index in [1.165, 1.54) is 18.1 Å². The molecule has 0 aromatic rings. The molecule has 4 aliphatic carbocycles. The van der Waals surface area contributed by atoms with Crippen molar-refractivity contribution < 1.29 is 14.3 Å². The number of ketones is 1. The summed E-state index contributed by atoms with van der Waals surface area (Å²) in [6, 6.07) is 0. The van der Waals surface area contributed by atoms with Gasteiger partial charge in [0, 0.05) is 24.2 Å². The van der Waals surface area contributed by atoms with Crippen LogP contribution in [-0.4, -0.2) is 17.9 Å². The largest absolute Gasteiger partial charge is 0.461 e. The third-order valence-electron chi connectivity index (χ3n) is 8.71. The highest BCUT2D eigenvalue weighted by atomic mass is 16.5. The summed E-state index contributed by atoms with van der Waals surface area (Å²) in [5, 5.41) is 0. The molecular formula is C24H34O3. The van der Waals surface area contributed by atoms with Crippen LogP contribution in [0.4, 0.5) is 0 Å². The first-order chi connectivity index (χ1) is 12.5. The Balaban J connectivity index is 1.73. The molecule has 4 rings (SSSR count). The van der Waals surface area contributed by atoms with Gasteiger partial charge in [-0.15, -0.1) is 0 Å². The second kappa shape index (κ2) is 5.81. The Hall–Kier alpha value is -1.38. The number of carbonyl (C=O) groups is 2. The molecule has 0 spiro atoms. The summed E-state index contributed by atoms with van der Waals surface area (Å²) in [5.41, 5.74) is 2.53. The average Bonchev–Trinajstić information content (AvgIpc) is 2.76. The third-order valence-corrected chi connectivity index (χ3v) is 8.71. The second-order valence-electron chi connectivity index (χ2n) is 10.9. The number of esters is 1. The SMILES string of the molecule is C=C1C[C@H]2[C@@H]3CC(C)(C)[C@H](OC(C)=O)[C@@]3(C)CC[C@@H]2[C@@]2(C)CCC(=O)C=C12. The fourth-order valence-electron chi connectivity index (χ4n) is 7.65. The van der Waals surface area contributed by atoms with E-state index in [1.54, 1.807) is 0 Å². The molecule has 4 aliphatic rings. The van der Waals surface area contributed by atoms with Crippen molar-refractivity contribution in [1.82, 2.24) is 0 Å². The lowest BCUT2D eigenvalue weighted by Gasteiger charge is -2.58. The van der Waals surface area contributed by atoms with Gasteiger partial charge in [-0.3, -0.25) is 9.59 Å².